The highest BCUT2D eigenvalue weighted by atomic mass is 35.5. The Morgan fingerprint density at radius 2 is 1.81 bits per heavy atom. The molecule has 198 valence electrons. The normalized spacial score (nSPS) is 22.5. The van der Waals surface area contributed by atoms with Crippen LogP contribution in [0.25, 0.3) is 0 Å². The van der Waals surface area contributed by atoms with Crippen LogP contribution < -0.4 is 0 Å². The van der Waals surface area contributed by atoms with Crippen molar-refractivity contribution in [3.05, 3.63) is 92.1 Å². The Kier molecular flexibility index (Phi) is 9.62. The lowest BCUT2D eigenvalue weighted by atomic mass is 9.86. The summed E-state index contributed by atoms with van der Waals surface area (Å²) < 4.78 is 5.99. The number of nitrogens with zero attached hydrogens (tertiary/aromatic N) is 2. The van der Waals surface area contributed by atoms with Crippen molar-refractivity contribution < 1.29 is 4.74 Å². The molecular weight excluding hydrogens is 519 g/mol. The highest BCUT2D eigenvalue weighted by Crippen LogP contribution is 2.37. The molecule has 0 aliphatic carbocycles. The molecule has 1 aromatic heterocycles. The van der Waals surface area contributed by atoms with E-state index in [-0.39, 0.29) is 0 Å². The molecule has 0 bridgehead atoms. The van der Waals surface area contributed by atoms with E-state index in [0.29, 0.717) is 28.9 Å². The first-order valence-corrected chi connectivity index (χ1v) is 15.3. The summed E-state index contributed by atoms with van der Waals surface area (Å²) in [6.45, 7) is 6.59. The lowest BCUT2D eigenvalue weighted by molar-refractivity contribution is 0.0141. The van der Waals surface area contributed by atoms with Crippen molar-refractivity contribution in [3.63, 3.8) is 0 Å². The van der Waals surface area contributed by atoms with Crippen LogP contribution in [0.1, 0.15) is 41.9 Å². The number of hydrogen-bond donors (Lipinski definition) is 0. The number of likely N-dealkylation sites (tertiary alicyclic amines) is 2. The van der Waals surface area contributed by atoms with Crippen molar-refractivity contribution in [3.8, 4) is 0 Å². The summed E-state index contributed by atoms with van der Waals surface area (Å²) >= 11 is 14.5. The Morgan fingerprint density at radius 3 is 2.51 bits per heavy atom. The number of halogens is 2. The van der Waals surface area contributed by atoms with E-state index < -0.39 is 0 Å². The topological polar surface area (TPSA) is 15.7 Å². The van der Waals surface area contributed by atoms with Crippen LogP contribution in [0.15, 0.2) is 65.4 Å². The number of piperidine rings is 1. The highest BCUT2D eigenvalue weighted by Gasteiger charge is 2.36. The first-order chi connectivity index (χ1) is 18.1. The second kappa shape index (κ2) is 13.1. The molecule has 3 unspecified atom stereocenters. The van der Waals surface area contributed by atoms with Gasteiger partial charge in [0.2, 0.25) is 0 Å². The van der Waals surface area contributed by atoms with Gasteiger partial charge in [-0.25, -0.2) is 0 Å². The van der Waals surface area contributed by atoms with Crippen LogP contribution in [0.5, 0.6) is 0 Å². The minimum atomic E-state index is 0.354. The molecule has 3 heterocycles. The molecule has 0 amide bonds. The van der Waals surface area contributed by atoms with Gasteiger partial charge in [-0.2, -0.15) is 11.3 Å². The van der Waals surface area contributed by atoms with Crippen LogP contribution in [0, 0.1) is 11.8 Å². The Hall–Kier alpha value is -1.40. The molecule has 6 heteroatoms. The Balaban J connectivity index is 1.16. The van der Waals surface area contributed by atoms with Gasteiger partial charge in [-0.3, -0.25) is 4.90 Å². The largest absolute Gasteiger partial charge is 0.381 e. The van der Waals surface area contributed by atoms with Gasteiger partial charge in [0.15, 0.2) is 0 Å². The summed E-state index contributed by atoms with van der Waals surface area (Å²) in [6, 6.07) is 19.0. The van der Waals surface area contributed by atoms with Crippen LogP contribution in [0.2, 0.25) is 10.0 Å². The summed E-state index contributed by atoms with van der Waals surface area (Å²) in [5.74, 6) is 1.87. The number of methoxy groups -OCH3 is 1. The monoisotopic (exact) mass is 556 g/mol. The highest BCUT2D eigenvalue weighted by molar-refractivity contribution is 7.08. The molecule has 0 spiro atoms. The van der Waals surface area contributed by atoms with Gasteiger partial charge in [0, 0.05) is 49.3 Å². The van der Waals surface area contributed by atoms with E-state index >= 15 is 0 Å². The average molecular weight is 558 g/mol. The lowest BCUT2D eigenvalue weighted by Crippen LogP contribution is -2.41. The third-order valence-corrected chi connectivity index (χ3v) is 9.70. The van der Waals surface area contributed by atoms with Crippen LogP contribution in [-0.4, -0.2) is 55.7 Å². The number of rotatable bonds is 10. The van der Waals surface area contributed by atoms with Gasteiger partial charge in [-0.05, 0) is 96.3 Å². The fourth-order valence-electron chi connectivity index (χ4n) is 6.37. The molecule has 2 saturated heterocycles. The van der Waals surface area contributed by atoms with Crippen molar-refractivity contribution in [2.45, 2.75) is 44.2 Å². The standard InChI is InChI=1S/C31H38Cl2N2OS/c1-36-31(10-7-23-5-3-2-4-6-23)24-11-14-34(15-12-24)19-27-20-35(21-29(27)26-13-16-37-22-26)18-25-8-9-28(32)17-30(25)33/h2-6,8-9,13,16-17,22,24,27,29,31H,7,10-12,14-15,18-21H2,1H3. The maximum atomic E-state index is 6.52. The van der Waals surface area contributed by atoms with Crippen LogP contribution in [0.3, 0.4) is 0 Å². The van der Waals surface area contributed by atoms with Gasteiger partial charge in [-0.1, -0.05) is 59.6 Å². The number of ether oxygens (including phenoxy) is 1. The smallest absolute Gasteiger partial charge is 0.0603 e. The van der Waals surface area contributed by atoms with E-state index in [4.69, 9.17) is 27.9 Å². The van der Waals surface area contributed by atoms with E-state index in [0.717, 1.165) is 43.1 Å². The molecule has 0 saturated carbocycles. The Morgan fingerprint density at radius 1 is 1.00 bits per heavy atom. The first-order valence-electron chi connectivity index (χ1n) is 13.6. The number of aryl methyl sites for hydroxylation is 1. The molecule has 3 atom stereocenters. The van der Waals surface area contributed by atoms with Crippen LogP contribution in [0.4, 0.5) is 0 Å². The molecule has 3 aromatic rings. The lowest BCUT2D eigenvalue weighted by Gasteiger charge is -2.37. The summed E-state index contributed by atoms with van der Waals surface area (Å²) in [5.41, 5.74) is 4.07. The summed E-state index contributed by atoms with van der Waals surface area (Å²) in [4.78, 5) is 5.29. The minimum Gasteiger partial charge on any atom is -0.381 e. The van der Waals surface area contributed by atoms with Gasteiger partial charge in [0.1, 0.15) is 0 Å². The van der Waals surface area contributed by atoms with Gasteiger partial charge in [-0.15, -0.1) is 0 Å². The quantitative estimate of drug-likeness (QED) is 0.255. The molecule has 3 nitrogen and oxygen atoms in total. The number of thiophene rings is 1. The van der Waals surface area contributed by atoms with E-state index in [1.165, 1.54) is 43.6 Å². The third kappa shape index (κ3) is 7.17. The van der Waals surface area contributed by atoms with Crippen molar-refractivity contribution in [1.29, 1.82) is 0 Å². The second-order valence-electron chi connectivity index (χ2n) is 10.8. The number of hydrogen-bond acceptors (Lipinski definition) is 4. The van der Waals surface area contributed by atoms with Crippen LogP contribution >= 0.6 is 34.5 Å². The Labute approximate surface area is 236 Å². The molecule has 2 aliphatic heterocycles. The van der Waals surface area contributed by atoms with Crippen molar-refractivity contribution in [2.75, 3.05) is 39.8 Å². The summed E-state index contributed by atoms with van der Waals surface area (Å²) in [7, 11) is 1.90. The zero-order valence-corrected chi connectivity index (χ0v) is 24.0. The fourth-order valence-corrected chi connectivity index (χ4v) is 7.56. The van der Waals surface area contributed by atoms with E-state index in [9.17, 15) is 0 Å². The minimum absolute atomic E-state index is 0.354. The van der Waals surface area contributed by atoms with E-state index in [1.54, 1.807) is 0 Å². The fraction of sp³-hybridized carbons (Fsp3) is 0.484. The summed E-state index contributed by atoms with van der Waals surface area (Å²) in [6.07, 6.45) is 5.01. The number of benzene rings is 2. The van der Waals surface area contributed by atoms with Crippen LogP contribution in [-0.2, 0) is 17.7 Å². The van der Waals surface area contributed by atoms with Crippen molar-refractivity contribution in [2.24, 2.45) is 11.8 Å². The molecule has 0 radical (unpaired) electrons. The van der Waals surface area contributed by atoms with E-state index in [1.807, 2.05) is 30.6 Å². The average Bonchev–Trinajstić information content (AvgIpc) is 3.58. The molecule has 2 fully saturated rings. The SMILES string of the molecule is COC(CCc1ccccc1)C1CCN(CC2CN(Cc3ccc(Cl)cc3Cl)CC2c2ccsc2)CC1. The predicted octanol–water partition coefficient (Wildman–Crippen LogP) is 7.63. The van der Waals surface area contributed by atoms with Gasteiger partial charge in [0.25, 0.3) is 0 Å². The predicted molar refractivity (Wildman–Crippen MR) is 157 cm³/mol. The first kappa shape index (κ1) is 27.2. The van der Waals surface area contributed by atoms with Crippen molar-refractivity contribution in [1.82, 2.24) is 9.80 Å². The molecule has 2 aliphatic rings. The van der Waals surface area contributed by atoms with Crippen molar-refractivity contribution >= 4 is 34.5 Å². The molecular formula is C31H38Cl2N2OS. The molecule has 2 aromatic carbocycles. The maximum Gasteiger partial charge on any atom is 0.0603 e. The second-order valence-corrected chi connectivity index (χ2v) is 12.4. The zero-order valence-electron chi connectivity index (χ0n) is 21.7. The van der Waals surface area contributed by atoms with Gasteiger partial charge in [0.05, 0.1) is 6.10 Å². The third-order valence-electron chi connectivity index (χ3n) is 8.41. The summed E-state index contributed by atoms with van der Waals surface area (Å²) in [5, 5.41) is 6.03. The van der Waals surface area contributed by atoms with Gasteiger partial charge < -0.3 is 9.64 Å². The molecule has 0 N–H and O–H groups in total. The van der Waals surface area contributed by atoms with Gasteiger partial charge >= 0.3 is 0 Å². The maximum absolute atomic E-state index is 6.52. The Bertz CT molecular complexity index is 1100. The molecule has 5 rings (SSSR count). The zero-order chi connectivity index (χ0) is 25.6. The van der Waals surface area contributed by atoms with E-state index in [2.05, 4.69) is 63.0 Å². The molecule has 37 heavy (non-hydrogen) atoms.